The number of phenolic OH excluding ortho intramolecular Hbond substituents is 1. The zero-order valence-corrected chi connectivity index (χ0v) is 18.9. The van der Waals surface area contributed by atoms with Crippen LogP contribution in [-0.4, -0.2) is 34.5 Å². The SMILES string of the molecule is Cc1cc(NC(=O)C(=O)O)cc(Cl)c1Oc1ccc(O)c(C(=O)N2CCCc3ccccc32)c1. The van der Waals surface area contributed by atoms with Crippen LogP contribution in [0.1, 0.15) is 27.9 Å². The van der Waals surface area contributed by atoms with Gasteiger partial charge >= 0.3 is 11.9 Å². The fourth-order valence-corrected chi connectivity index (χ4v) is 4.18. The summed E-state index contributed by atoms with van der Waals surface area (Å²) in [6.45, 7) is 2.21. The number of carboxylic acids is 1. The lowest BCUT2D eigenvalue weighted by Crippen LogP contribution is -2.35. The lowest BCUT2D eigenvalue weighted by Gasteiger charge is -2.29. The minimum atomic E-state index is -1.62. The van der Waals surface area contributed by atoms with Crippen molar-refractivity contribution < 1.29 is 29.3 Å². The Bertz CT molecular complexity index is 1280. The van der Waals surface area contributed by atoms with E-state index in [9.17, 15) is 19.5 Å². The van der Waals surface area contributed by atoms with Gasteiger partial charge in [-0.3, -0.25) is 9.59 Å². The number of para-hydroxylation sites is 1. The van der Waals surface area contributed by atoms with Gasteiger partial charge in [0.2, 0.25) is 0 Å². The molecule has 0 unspecified atom stereocenters. The molecule has 0 bridgehead atoms. The van der Waals surface area contributed by atoms with E-state index >= 15 is 0 Å². The van der Waals surface area contributed by atoms with E-state index in [0.717, 1.165) is 24.1 Å². The van der Waals surface area contributed by atoms with Gasteiger partial charge in [-0.15, -0.1) is 0 Å². The third-order valence-electron chi connectivity index (χ3n) is 5.46. The first kappa shape index (κ1) is 23.1. The number of amides is 2. The van der Waals surface area contributed by atoms with Crippen LogP contribution in [-0.2, 0) is 16.0 Å². The number of carbonyl (C=O) groups is 3. The highest BCUT2D eigenvalue weighted by atomic mass is 35.5. The maximum absolute atomic E-state index is 13.3. The predicted octanol–water partition coefficient (Wildman–Crippen LogP) is 4.76. The highest BCUT2D eigenvalue weighted by Crippen LogP contribution is 2.37. The molecule has 4 rings (SSSR count). The number of aromatic hydroxyl groups is 1. The van der Waals surface area contributed by atoms with Gasteiger partial charge in [0.1, 0.15) is 17.2 Å². The van der Waals surface area contributed by atoms with Gasteiger partial charge in [0.05, 0.1) is 10.6 Å². The molecule has 0 aliphatic carbocycles. The van der Waals surface area contributed by atoms with Crippen molar-refractivity contribution in [2.24, 2.45) is 0 Å². The average molecular weight is 481 g/mol. The molecule has 1 aliphatic rings. The highest BCUT2D eigenvalue weighted by molar-refractivity contribution is 6.37. The first-order chi connectivity index (χ1) is 16.2. The van der Waals surface area contributed by atoms with E-state index in [4.69, 9.17) is 21.4 Å². The molecule has 2 amide bonds. The van der Waals surface area contributed by atoms with Crippen molar-refractivity contribution in [3.8, 4) is 17.2 Å². The van der Waals surface area contributed by atoms with Crippen molar-refractivity contribution >= 4 is 40.8 Å². The lowest BCUT2D eigenvalue weighted by atomic mass is 10.0. The second kappa shape index (κ2) is 9.44. The molecule has 3 N–H and O–H groups in total. The fraction of sp³-hybridized carbons (Fsp3) is 0.160. The topological polar surface area (TPSA) is 116 Å². The number of carbonyl (C=O) groups excluding carboxylic acids is 2. The average Bonchev–Trinajstić information content (AvgIpc) is 2.81. The molecular formula is C25H21ClN2O6. The van der Waals surface area contributed by atoms with Crippen LogP contribution in [0.3, 0.4) is 0 Å². The second-order valence-corrected chi connectivity index (χ2v) is 8.24. The van der Waals surface area contributed by atoms with E-state index < -0.39 is 11.9 Å². The Morgan fingerprint density at radius 1 is 1.09 bits per heavy atom. The summed E-state index contributed by atoms with van der Waals surface area (Å²) in [7, 11) is 0. The second-order valence-electron chi connectivity index (χ2n) is 7.83. The molecule has 0 aromatic heterocycles. The number of rotatable bonds is 4. The maximum Gasteiger partial charge on any atom is 0.394 e. The Morgan fingerprint density at radius 3 is 2.59 bits per heavy atom. The zero-order chi connectivity index (χ0) is 24.4. The Kier molecular flexibility index (Phi) is 6.43. The summed E-state index contributed by atoms with van der Waals surface area (Å²) in [4.78, 5) is 37.1. The minimum Gasteiger partial charge on any atom is -0.507 e. The number of hydrogen-bond acceptors (Lipinski definition) is 5. The van der Waals surface area contributed by atoms with Gasteiger partial charge in [-0.1, -0.05) is 29.8 Å². The maximum atomic E-state index is 13.3. The molecule has 0 atom stereocenters. The third-order valence-corrected chi connectivity index (χ3v) is 5.74. The number of anilines is 2. The quantitative estimate of drug-likeness (QED) is 0.463. The Morgan fingerprint density at radius 2 is 1.85 bits per heavy atom. The van der Waals surface area contributed by atoms with Crippen molar-refractivity contribution in [3.05, 3.63) is 76.3 Å². The van der Waals surface area contributed by atoms with E-state index in [2.05, 4.69) is 5.32 Å². The zero-order valence-electron chi connectivity index (χ0n) is 18.2. The number of aliphatic carboxylic acids is 1. The standard InChI is InChI=1S/C25H21ClN2O6/c1-14-11-16(27-23(30)25(32)33)12-19(26)22(14)34-17-8-9-21(29)18(13-17)24(31)28-10-4-6-15-5-2-3-7-20(15)28/h2-3,5,7-9,11-13,29H,4,6,10H2,1H3,(H,27,30)(H,32,33). The van der Waals surface area contributed by atoms with Gasteiger partial charge in [0, 0.05) is 17.9 Å². The molecule has 0 saturated heterocycles. The smallest absolute Gasteiger partial charge is 0.394 e. The Hall–Kier alpha value is -4.04. The van der Waals surface area contributed by atoms with Gasteiger partial charge in [-0.2, -0.15) is 0 Å². The number of halogens is 1. The summed E-state index contributed by atoms with van der Waals surface area (Å²) in [6.07, 6.45) is 1.70. The van der Waals surface area contributed by atoms with Crippen molar-refractivity contribution in [2.45, 2.75) is 19.8 Å². The normalized spacial score (nSPS) is 12.6. The summed E-state index contributed by atoms with van der Waals surface area (Å²) in [5, 5.41) is 21.5. The van der Waals surface area contributed by atoms with Crippen LogP contribution in [0.2, 0.25) is 5.02 Å². The lowest BCUT2D eigenvalue weighted by molar-refractivity contribution is -0.147. The Balaban J connectivity index is 1.61. The van der Waals surface area contributed by atoms with Crippen LogP contribution in [0.25, 0.3) is 0 Å². The van der Waals surface area contributed by atoms with Crippen LogP contribution in [0.15, 0.2) is 54.6 Å². The number of benzene rings is 3. The number of aryl methyl sites for hydroxylation is 2. The van der Waals surface area contributed by atoms with E-state index in [1.807, 2.05) is 24.3 Å². The number of fused-ring (bicyclic) bond motifs is 1. The van der Waals surface area contributed by atoms with E-state index in [-0.39, 0.29) is 39.4 Å². The molecule has 8 nitrogen and oxygen atoms in total. The Labute approximate surface area is 200 Å². The van der Waals surface area contributed by atoms with Crippen molar-refractivity contribution in [1.82, 2.24) is 0 Å². The summed E-state index contributed by atoms with van der Waals surface area (Å²) >= 11 is 6.31. The largest absolute Gasteiger partial charge is 0.507 e. The van der Waals surface area contributed by atoms with E-state index in [1.165, 1.54) is 30.3 Å². The van der Waals surface area contributed by atoms with Gasteiger partial charge in [0.15, 0.2) is 0 Å². The van der Waals surface area contributed by atoms with E-state index in [0.29, 0.717) is 12.1 Å². The summed E-state index contributed by atoms with van der Waals surface area (Å²) in [5.41, 5.74) is 2.72. The van der Waals surface area contributed by atoms with Crippen LogP contribution in [0, 0.1) is 6.92 Å². The molecule has 3 aromatic carbocycles. The molecule has 9 heteroatoms. The molecule has 1 heterocycles. The van der Waals surface area contributed by atoms with Crippen molar-refractivity contribution in [3.63, 3.8) is 0 Å². The number of carboxylic acid groups (broad SMARTS) is 1. The number of ether oxygens (including phenoxy) is 1. The molecule has 0 fully saturated rings. The van der Waals surface area contributed by atoms with E-state index in [1.54, 1.807) is 11.8 Å². The van der Waals surface area contributed by atoms with Crippen LogP contribution < -0.4 is 15.0 Å². The first-order valence-corrected chi connectivity index (χ1v) is 10.9. The molecule has 3 aromatic rings. The van der Waals surface area contributed by atoms with Gasteiger partial charge in [-0.05, 0) is 67.3 Å². The molecular weight excluding hydrogens is 460 g/mol. The molecule has 1 aliphatic heterocycles. The monoisotopic (exact) mass is 480 g/mol. The predicted molar refractivity (Wildman–Crippen MR) is 127 cm³/mol. The van der Waals surface area contributed by atoms with Crippen molar-refractivity contribution in [1.29, 1.82) is 0 Å². The van der Waals surface area contributed by atoms with Gasteiger partial charge in [-0.25, -0.2) is 4.79 Å². The number of phenols is 1. The minimum absolute atomic E-state index is 0.0910. The number of nitrogens with zero attached hydrogens (tertiary/aromatic N) is 1. The van der Waals surface area contributed by atoms with Crippen LogP contribution >= 0.6 is 11.6 Å². The first-order valence-electron chi connectivity index (χ1n) is 10.5. The summed E-state index contributed by atoms with van der Waals surface area (Å²) < 4.78 is 5.91. The molecule has 174 valence electrons. The molecule has 0 saturated carbocycles. The molecule has 34 heavy (non-hydrogen) atoms. The highest BCUT2D eigenvalue weighted by Gasteiger charge is 2.26. The van der Waals surface area contributed by atoms with Crippen molar-refractivity contribution in [2.75, 3.05) is 16.8 Å². The fourth-order valence-electron chi connectivity index (χ4n) is 3.87. The van der Waals surface area contributed by atoms with Gasteiger partial charge < -0.3 is 25.2 Å². The van der Waals surface area contributed by atoms with Crippen LogP contribution in [0.5, 0.6) is 17.2 Å². The summed E-state index contributed by atoms with van der Waals surface area (Å²) in [5.74, 6) is -2.78. The van der Waals surface area contributed by atoms with Crippen LogP contribution in [0.4, 0.5) is 11.4 Å². The summed E-state index contributed by atoms with van der Waals surface area (Å²) in [6, 6.07) is 14.9. The molecule has 0 radical (unpaired) electrons. The third kappa shape index (κ3) is 4.67. The number of hydrogen-bond donors (Lipinski definition) is 3. The molecule has 0 spiro atoms. The van der Waals surface area contributed by atoms with Gasteiger partial charge in [0.25, 0.3) is 5.91 Å². The number of nitrogens with one attached hydrogen (secondary N) is 1.